The maximum absolute atomic E-state index is 5.46. The van der Waals surface area contributed by atoms with Crippen LogP contribution in [0.1, 0.15) is 51.5 Å². The van der Waals surface area contributed by atoms with Gasteiger partial charge in [0, 0.05) is 12.1 Å². The van der Waals surface area contributed by atoms with Crippen LogP contribution in [-0.4, -0.2) is 43.4 Å². The van der Waals surface area contributed by atoms with Crippen molar-refractivity contribution in [3.63, 3.8) is 0 Å². The summed E-state index contributed by atoms with van der Waals surface area (Å²) in [5.41, 5.74) is 1.34. The lowest BCUT2D eigenvalue weighted by Gasteiger charge is -2.34. The number of unbranched alkanes of at least 4 members (excludes halogenated alkanes) is 1. The Kier molecular flexibility index (Phi) is 6.38. The average Bonchev–Trinajstić information content (AvgIpc) is 3.07. The highest BCUT2D eigenvalue weighted by Gasteiger charge is 2.20. The van der Waals surface area contributed by atoms with Gasteiger partial charge in [-0.25, -0.2) is 0 Å². The average molecular weight is 332 g/mol. The van der Waals surface area contributed by atoms with Crippen LogP contribution in [0.4, 0.5) is 0 Å². The third-order valence-electron chi connectivity index (χ3n) is 5.24. The minimum atomic E-state index is 0.355. The zero-order valence-corrected chi connectivity index (χ0v) is 15.2. The van der Waals surface area contributed by atoms with E-state index < -0.39 is 0 Å². The number of nitrogens with one attached hydrogen (secondary N) is 1. The summed E-state index contributed by atoms with van der Waals surface area (Å²) in [6, 6.07) is 7.56. The highest BCUT2D eigenvalue weighted by molar-refractivity contribution is 5.44. The number of hydrogen-bond acceptors (Lipinski definition) is 4. The number of likely N-dealkylation sites (tertiary alicyclic amines) is 1. The highest BCUT2D eigenvalue weighted by atomic mass is 16.7. The smallest absolute Gasteiger partial charge is 0.231 e. The van der Waals surface area contributed by atoms with Gasteiger partial charge in [0.15, 0.2) is 11.5 Å². The van der Waals surface area contributed by atoms with Gasteiger partial charge < -0.3 is 19.7 Å². The minimum absolute atomic E-state index is 0.355. The van der Waals surface area contributed by atoms with Crippen LogP contribution < -0.4 is 14.8 Å². The fourth-order valence-electron chi connectivity index (χ4n) is 3.67. The van der Waals surface area contributed by atoms with Gasteiger partial charge in [-0.3, -0.25) is 0 Å². The number of piperidine rings is 1. The van der Waals surface area contributed by atoms with E-state index in [1.165, 1.54) is 50.9 Å². The summed E-state index contributed by atoms with van der Waals surface area (Å²) in [5, 5.41) is 3.84. The van der Waals surface area contributed by atoms with E-state index in [0.717, 1.165) is 24.3 Å². The molecule has 4 nitrogen and oxygen atoms in total. The Morgan fingerprint density at radius 1 is 1.21 bits per heavy atom. The summed E-state index contributed by atoms with van der Waals surface area (Å²) in [4.78, 5) is 2.62. The number of nitrogens with zero attached hydrogens (tertiary/aromatic N) is 1. The molecule has 24 heavy (non-hydrogen) atoms. The highest BCUT2D eigenvalue weighted by Crippen LogP contribution is 2.32. The first-order chi connectivity index (χ1) is 11.7. The van der Waals surface area contributed by atoms with Crippen molar-refractivity contribution >= 4 is 0 Å². The third kappa shape index (κ3) is 4.87. The lowest BCUT2D eigenvalue weighted by Crippen LogP contribution is -2.45. The Balaban J connectivity index is 1.36. The Morgan fingerprint density at radius 3 is 2.79 bits per heavy atom. The van der Waals surface area contributed by atoms with E-state index in [2.05, 4.69) is 36.2 Å². The molecule has 134 valence electrons. The van der Waals surface area contributed by atoms with Crippen molar-refractivity contribution in [3.8, 4) is 11.5 Å². The largest absolute Gasteiger partial charge is 0.454 e. The molecule has 1 aromatic rings. The molecule has 1 unspecified atom stereocenters. The molecule has 1 atom stereocenters. The fraction of sp³-hybridized carbons (Fsp3) is 0.700. The predicted octanol–water partition coefficient (Wildman–Crippen LogP) is 3.59. The van der Waals surface area contributed by atoms with Gasteiger partial charge in [-0.05, 0) is 76.4 Å². The van der Waals surface area contributed by atoms with Crippen molar-refractivity contribution in [2.24, 2.45) is 0 Å². The number of fused-ring (bicyclic) bond motifs is 1. The van der Waals surface area contributed by atoms with E-state index in [-0.39, 0.29) is 0 Å². The Morgan fingerprint density at radius 2 is 2.00 bits per heavy atom. The molecule has 0 spiro atoms. The molecule has 2 heterocycles. The normalized spacial score (nSPS) is 19.6. The molecule has 1 saturated heterocycles. The van der Waals surface area contributed by atoms with Crippen molar-refractivity contribution < 1.29 is 9.47 Å². The molecule has 3 rings (SSSR count). The lowest BCUT2D eigenvalue weighted by molar-refractivity contribution is 0.174. The molecule has 0 saturated carbocycles. The van der Waals surface area contributed by atoms with Crippen LogP contribution >= 0.6 is 0 Å². The molecule has 0 bridgehead atoms. The number of hydrogen-bond donors (Lipinski definition) is 1. The molecule has 0 aliphatic carbocycles. The second-order valence-corrected chi connectivity index (χ2v) is 7.26. The zero-order chi connectivity index (χ0) is 16.8. The van der Waals surface area contributed by atoms with E-state index in [9.17, 15) is 0 Å². The number of ether oxygens (including phenoxy) is 2. The van der Waals surface area contributed by atoms with Gasteiger partial charge >= 0.3 is 0 Å². The molecule has 2 aliphatic heterocycles. The summed E-state index contributed by atoms with van der Waals surface area (Å²) < 4.78 is 10.8. The SMILES string of the molecule is CCCCN1CCC(NC(C)CCc2ccc3c(c2)OCO3)CC1. The van der Waals surface area contributed by atoms with Crippen molar-refractivity contribution in [2.75, 3.05) is 26.4 Å². The van der Waals surface area contributed by atoms with E-state index in [1.807, 2.05) is 6.07 Å². The molecule has 1 N–H and O–H groups in total. The second kappa shape index (κ2) is 8.72. The first kappa shape index (κ1) is 17.6. The molecule has 1 aromatic carbocycles. The topological polar surface area (TPSA) is 33.7 Å². The fourth-order valence-corrected chi connectivity index (χ4v) is 3.67. The van der Waals surface area contributed by atoms with Crippen molar-refractivity contribution in [1.82, 2.24) is 10.2 Å². The summed E-state index contributed by atoms with van der Waals surface area (Å²) in [7, 11) is 0. The predicted molar refractivity (Wildman–Crippen MR) is 97.9 cm³/mol. The summed E-state index contributed by atoms with van der Waals surface area (Å²) in [5.74, 6) is 1.77. The molecular formula is C20H32N2O2. The van der Waals surface area contributed by atoms with E-state index in [4.69, 9.17) is 9.47 Å². The molecule has 4 heteroatoms. The Bertz CT molecular complexity index is 512. The number of rotatable bonds is 8. The first-order valence-corrected chi connectivity index (χ1v) is 9.61. The maximum Gasteiger partial charge on any atom is 0.231 e. The molecule has 2 aliphatic rings. The van der Waals surface area contributed by atoms with E-state index in [0.29, 0.717) is 18.9 Å². The van der Waals surface area contributed by atoms with E-state index >= 15 is 0 Å². The van der Waals surface area contributed by atoms with Gasteiger partial charge in [0.1, 0.15) is 0 Å². The molecule has 0 aromatic heterocycles. The molecule has 0 radical (unpaired) electrons. The summed E-state index contributed by atoms with van der Waals surface area (Å²) >= 11 is 0. The van der Waals surface area contributed by atoms with Gasteiger partial charge in [-0.2, -0.15) is 0 Å². The second-order valence-electron chi connectivity index (χ2n) is 7.26. The van der Waals surface area contributed by atoms with Gasteiger partial charge in [0.05, 0.1) is 0 Å². The van der Waals surface area contributed by atoms with E-state index in [1.54, 1.807) is 0 Å². The molecule has 1 fully saturated rings. The quantitative estimate of drug-likeness (QED) is 0.789. The number of benzene rings is 1. The van der Waals surface area contributed by atoms with Gasteiger partial charge in [-0.1, -0.05) is 19.4 Å². The van der Waals surface area contributed by atoms with Crippen LogP contribution in [0.2, 0.25) is 0 Å². The van der Waals surface area contributed by atoms with Crippen LogP contribution in [0.5, 0.6) is 11.5 Å². The monoisotopic (exact) mass is 332 g/mol. The third-order valence-corrected chi connectivity index (χ3v) is 5.24. The Hall–Kier alpha value is -1.26. The van der Waals surface area contributed by atoms with Crippen LogP contribution in [0.15, 0.2) is 18.2 Å². The maximum atomic E-state index is 5.46. The molecule has 0 amide bonds. The number of aryl methyl sites for hydroxylation is 1. The minimum Gasteiger partial charge on any atom is -0.454 e. The summed E-state index contributed by atoms with van der Waals surface area (Å²) in [6.07, 6.45) is 7.46. The van der Waals surface area contributed by atoms with Gasteiger partial charge in [-0.15, -0.1) is 0 Å². The van der Waals surface area contributed by atoms with Crippen LogP contribution in [0, 0.1) is 0 Å². The Labute approximate surface area is 146 Å². The van der Waals surface area contributed by atoms with Crippen molar-refractivity contribution in [2.45, 2.75) is 64.5 Å². The molecular weight excluding hydrogens is 300 g/mol. The zero-order valence-electron chi connectivity index (χ0n) is 15.2. The van der Waals surface area contributed by atoms with Gasteiger partial charge in [0.25, 0.3) is 0 Å². The van der Waals surface area contributed by atoms with Crippen molar-refractivity contribution in [3.05, 3.63) is 23.8 Å². The van der Waals surface area contributed by atoms with Crippen LogP contribution in [0.3, 0.4) is 0 Å². The van der Waals surface area contributed by atoms with Gasteiger partial charge in [0.2, 0.25) is 6.79 Å². The van der Waals surface area contributed by atoms with Crippen LogP contribution in [-0.2, 0) is 6.42 Å². The lowest BCUT2D eigenvalue weighted by atomic mass is 10.0. The standard InChI is InChI=1S/C20H32N2O2/c1-3-4-11-22-12-9-18(10-13-22)21-16(2)5-6-17-7-8-19-20(14-17)24-15-23-19/h7-8,14,16,18,21H,3-6,9-13,15H2,1-2H3. The van der Waals surface area contributed by atoms with Crippen molar-refractivity contribution in [1.29, 1.82) is 0 Å². The van der Waals surface area contributed by atoms with Crippen LogP contribution in [0.25, 0.3) is 0 Å². The summed E-state index contributed by atoms with van der Waals surface area (Å²) in [6.45, 7) is 8.74. The first-order valence-electron chi connectivity index (χ1n) is 9.61.